The minimum Gasteiger partial charge on any atom is -0.279 e. The molecule has 0 unspecified atom stereocenters. The second kappa shape index (κ2) is 3.45. The monoisotopic (exact) mass is 131 g/mol. The Balaban J connectivity index is 2.87. The Hall–Kier alpha value is -0.720. The summed E-state index contributed by atoms with van der Waals surface area (Å²) >= 11 is 0. The van der Waals surface area contributed by atoms with Crippen molar-refractivity contribution < 1.29 is 0 Å². The second-order valence-electron chi connectivity index (χ2n) is 2.33. The van der Waals surface area contributed by atoms with Crippen molar-refractivity contribution in [1.29, 1.82) is 0 Å². The van der Waals surface area contributed by atoms with E-state index in [-0.39, 0.29) is 0 Å². The van der Waals surface area contributed by atoms with Crippen molar-refractivity contribution in [3.8, 4) is 0 Å². The van der Waals surface area contributed by atoms with Crippen LogP contribution in [0.15, 0.2) is 18.2 Å². The van der Waals surface area contributed by atoms with E-state index >= 15 is 0 Å². The van der Waals surface area contributed by atoms with Gasteiger partial charge in [0.25, 0.3) is 0 Å². The smallest absolute Gasteiger partial charge is 0.179 e. The Morgan fingerprint density at radius 3 is 2.00 bits per heavy atom. The summed E-state index contributed by atoms with van der Waals surface area (Å²) in [5, 5.41) is 0. The van der Waals surface area contributed by atoms with Crippen LogP contribution in [0.4, 0.5) is 0 Å². The fourth-order valence-corrected chi connectivity index (χ4v) is 0.923. The first-order valence-corrected chi connectivity index (χ1v) is 3.81. The first kappa shape index (κ1) is 7.39. The third-order valence-electron chi connectivity index (χ3n) is 1.59. The van der Waals surface area contributed by atoms with Crippen molar-refractivity contribution in [1.82, 2.24) is 4.98 Å². The zero-order valence-electron chi connectivity index (χ0n) is 6.59. The summed E-state index contributed by atoms with van der Waals surface area (Å²) in [5.41, 5.74) is 2.39. The molecule has 0 aliphatic carbocycles. The van der Waals surface area contributed by atoms with Crippen LogP contribution in [0.3, 0.4) is 0 Å². The molecule has 10 heavy (non-hydrogen) atoms. The molecule has 0 N–H and O–H groups in total. The molecule has 1 aromatic rings. The average Bonchev–Trinajstić information content (AvgIpc) is 2.05. The molecular weight excluding hydrogens is 120 g/mol. The molecule has 0 aromatic carbocycles. The molecule has 0 amide bonds. The predicted molar refractivity (Wildman–Crippen MR) is 49.5 cm³/mol. The van der Waals surface area contributed by atoms with Gasteiger partial charge >= 0.3 is 0 Å². The maximum atomic E-state index is 4.41. The van der Waals surface area contributed by atoms with Crippen LogP contribution in [-0.2, 0) is 0 Å². The zero-order chi connectivity index (χ0) is 7.40. The van der Waals surface area contributed by atoms with Gasteiger partial charge in [-0.15, -0.1) is 0 Å². The highest BCUT2D eigenvalue weighted by Gasteiger charge is 1.93. The van der Waals surface area contributed by atoms with Gasteiger partial charge in [0, 0.05) is 0 Å². The lowest BCUT2D eigenvalue weighted by Crippen LogP contribution is -2.26. The Bertz CT molecular complexity index is 193. The summed E-state index contributed by atoms with van der Waals surface area (Å²) in [5.74, 6) is 0. The predicted octanol–water partition coefficient (Wildman–Crippen LogP) is -0.699. The largest absolute Gasteiger partial charge is 0.279 e. The zero-order valence-corrected chi connectivity index (χ0v) is 6.59. The number of rotatable bonds is 2. The Morgan fingerprint density at radius 1 is 1.10 bits per heavy atom. The molecule has 0 atom stereocenters. The highest BCUT2D eigenvalue weighted by molar-refractivity contribution is 6.53. The quantitative estimate of drug-likeness (QED) is 0.483. The second-order valence-corrected chi connectivity index (χ2v) is 2.33. The molecule has 0 radical (unpaired) electrons. The molecular formula is C7H11B2N. The van der Waals surface area contributed by atoms with E-state index in [0.717, 1.165) is 14.6 Å². The SMILES string of the molecule is CBc1cccc(BC)n1. The van der Waals surface area contributed by atoms with Gasteiger partial charge in [0.05, 0.1) is 0 Å². The van der Waals surface area contributed by atoms with Crippen LogP contribution < -0.4 is 11.2 Å². The first-order valence-electron chi connectivity index (χ1n) is 3.81. The Labute approximate surface area is 63.4 Å². The van der Waals surface area contributed by atoms with Gasteiger partial charge in [0.2, 0.25) is 0 Å². The summed E-state index contributed by atoms with van der Waals surface area (Å²) in [6.07, 6.45) is 0. The molecule has 0 spiro atoms. The molecule has 1 aromatic heterocycles. The van der Waals surface area contributed by atoms with Gasteiger partial charge in [-0.2, -0.15) is 0 Å². The molecule has 0 saturated carbocycles. The minimum atomic E-state index is 1.04. The van der Waals surface area contributed by atoms with E-state index in [1.54, 1.807) is 0 Å². The molecule has 3 heteroatoms. The van der Waals surface area contributed by atoms with Gasteiger partial charge in [0.15, 0.2) is 14.6 Å². The van der Waals surface area contributed by atoms with Gasteiger partial charge in [-0.25, -0.2) is 0 Å². The summed E-state index contributed by atoms with van der Waals surface area (Å²) in [7, 11) is 2.07. The number of nitrogens with zero attached hydrogens (tertiary/aromatic N) is 1. The van der Waals surface area contributed by atoms with Gasteiger partial charge in [-0.1, -0.05) is 31.8 Å². The molecule has 0 aliphatic rings. The van der Waals surface area contributed by atoms with Crippen molar-refractivity contribution in [2.75, 3.05) is 0 Å². The van der Waals surface area contributed by atoms with E-state index in [0.29, 0.717) is 0 Å². The van der Waals surface area contributed by atoms with Crippen LogP contribution >= 0.6 is 0 Å². The van der Waals surface area contributed by atoms with E-state index in [9.17, 15) is 0 Å². The minimum absolute atomic E-state index is 1.04. The van der Waals surface area contributed by atoms with E-state index in [2.05, 4.69) is 36.8 Å². The lowest BCUT2D eigenvalue weighted by atomic mass is 9.74. The number of pyridine rings is 1. The van der Waals surface area contributed by atoms with Crippen LogP contribution in [0.1, 0.15) is 0 Å². The van der Waals surface area contributed by atoms with E-state index in [4.69, 9.17) is 0 Å². The Kier molecular flexibility index (Phi) is 2.55. The molecule has 0 bridgehead atoms. The fraction of sp³-hybridized carbons (Fsp3) is 0.286. The third kappa shape index (κ3) is 1.63. The van der Waals surface area contributed by atoms with Crippen LogP contribution in [0.25, 0.3) is 0 Å². The highest BCUT2D eigenvalue weighted by atomic mass is 14.7. The van der Waals surface area contributed by atoms with Gasteiger partial charge in [-0.3, -0.25) is 4.98 Å². The maximum Gasteiger partial charge on any atom is 0.179 e. The molecule has 0 saturated heterocycles. The topological polar surface area (TPSA) is 12.9 Å². The average molecular weight is 131 g/mol. The standard InChI is InChI=1S/C7H11B2N/c1-8-6-4-3-5-7(9-2)10-6/h3-5,8-9H,1-2H3. The van der Waals surface area contributed by atoms with Crippen molar-refractivity contribution in [3.63, 3.8) is 0 Å². The Morgan fingerprint density at radius 2 is 1.60 bits per heavy atom. The lowest BCUT2D eigenvalue weighted by Gasteiger charge is -1.96. The molecule has 0 fully saturated rings. The molecule has 1 rings (SSSR count). The molecule has 1 heterocycles. The van der Waals surface area contributed by atoms with Crippen molar-refractivity contribution in [2.45, 2.75) is 13.6 Å². The van der Waals surface area contributed by atoms with E-state index in [1.807, 2.05) is 0 Å². The lowest BCUT2D eigenvalue weighted by molar-refractivity contribution is 1.44. The number of hydrogen-bond acceptors (Lipinski definition) is 1. The van der Waals surface area contributed by atoms with Crippen molar-refractivity contribution in [2.24, 2.45) is 0 Å². The van der Waals surface area contributed by atoms with Crippen molar-refractivity contribution in [3.05, 3.63) is 18.2 Å². The van der Waals surface area contributed by atoms with Crippen LogP contribution in [0.2, 0.25) is 13.6 Å². The first-order chi connectivity index (χ1) is 4.86. The fourth-order valence-electron chi connectivity index (χ4n) is 0.923. The van der Waals surface area contributed by atoms with Gasteiger partial charge in [-0.05, 0) is 11.2 Å². The molecule has 0 aliphatic heterocycles. The number of hydrogen-bond donors (Lipinski definition) is 0. The summed E-state index contributed by atoms with van der Waals surface area (Å²) in [4.78, 5) is 4.41. The van der Waals surface area contributed by atoms with Gasteiger partial charge in [0.1, 0.15) is 0 Å². The van der Waals surface area contributed by atoms with E-state index in [1.165, 1.54) is 11.2 Å². The van der Waals surface area contributed by atoms with Crippen LogP contribution in [0.5, 0.6) is 0 Å². The highest BCUT2D eigenvalue weighted by Crippen LogP contribution is 1.73. The van der Waals surface area contributed by atoms with Crippen LogP contribution in [0, 0.1) is 0 Å². The van der Waals surface area contributed by atoms with E-state index < -0.39 is 0 Å². The van der Waals surface area contributed by atoms with Gasteiger partial charge < -0.3 is 0 Å². The summed E-state index contributed by atoms with van der Waals surface area (Å²) < 4.78 is 0. The van der Waals surface area contributed by atoms with Crippen molar-refractivity contribution >= 4 is 25.7 Å². The molecule has 50 valence electrons. The summed E-state index contributed by atoms with van der Waals surface area (Å²) in [6.45, 7) is 4.25. The third-order valence-corrected chi connectivity index (χ3v) is 1.59. The number of aromatic nitrogens is 1. The summed E-state index contributed by atoms with van der Waals surface area (Å²) in [6, 6.07) is 6.21. The molecule has 1 nitrogen and oxygen atoms in total. The maximum absolute atomic E-state index is 4.41. The van der Waals surface area contributed by atoms with Crippen LogP contribution in [-0.4, -0.2) is 19.5 Å². The normalized spacial score (nSPS) is 9.00.